The van der Waals surface area contributed by atoms with E-state index in [1.165, 1.54) is 14.0 Å². The van der Waals surface area contributed by atoms with Crippen LogP contribution in [0.4, 0.5) is 4.79 Å². The second kappa shape index (κ2) is 5.10. The van der Waals surface area contributed by atoms with Crippen molar-refractivity contribution in [2.45, 2.75) is 6.92 Å². The third-order valence-corrected chi connectivity index (χ3v) is 1.30. The highest BCUT2D eigenvalue weighted by molar-refractivity contribution is 8.13. The first-order valence-electron chi connectivity index (χ1n) is 2.64. The molecule has 0 atom stereocenters. The summed E-state index contributed by atoms with van der Waals surface area (Å²) in [5.74, 6) is 0.0784. The number of hydrogen-bond donors (Lipinski definition) is 1. The number of carbonyl (C=O) groups is 2. The fourth-order valence-electron chi connectivity index (χ4n) is 0.238. The van der Waals surface area contributed by atoms with E-state index in [1.807, 2.05) is 0 Å². The Labute approximate surface area is 63.3 Å². The van der Waals surface area contributed by atoms with E-state index >= 15 is 0 Å². The fourth-order valence-corrected chi connectivity index (χ4v) is 0.570. The summed E-state index contributed by atoms with van der Waals surface area (Å²) in [4.78, 5) is 20.6. The van der Waals surface area contributed by atoms with Crippen molar-refractivity contribution in [2.75, 3.05) is 13.0 Å². The molecule has 0 rings (SSSR count). The van der Waals surface area contributed by atoms with Gasteiger partial charge in [0.05, 0.1) is 0 Å². The Kier molecular flexibility index (Phi) is 4.74. The Bertz CT molecular complexity index is 137. The van der Waals surface area contributed by atoms with Crippen LogP contribution in [0.5, 0.6) is 0 Å². The number of carbonyl (C=O) groups excluding carboxylic acids is 2. The lowest BCUT2D eigenvalue weighted by Gasteiger charge is -1.99. The van der Waals surface area contributed by atoms with Crippen LogP contribution in [0.3, 0.4) is 0 Å². The summed E-state index contributed by atoms with van der Waals surface area (Å²) in [6, 6.07) is 0. The third kappa shape index (κ3) is 5.43. The summed E-state index contributed by atoms with van der Waals surface area (Å²) in [5, 5.41) is 2.19. The van der Waals surface area contributed by atoms with E-state index in [-0.39, 0.29) is 11.1 Å². The normalized spacial score (nSPS) is 8.60. The van der Waals surface area contributed by atoms with Gasteiger partial charge in [0.25, 0.3) is 0 Å². The molecule has 0 aromatic rings. The Morgan fingerprint density at radius 2 is 2.20 bits per heavy atom. The van der Waals surface area contributed by atoms with Crippen molar-refractivity contribution in [2.24, 2.45) is 0 Å². The van der Waals surface area contributed by atoms with Crippen molar-refractivity contribution in [3.05, 3.63) is 0 Å². The first kappa shape index (κ1) is 9.29. The predicted molar refractivity (Wildman–Crippen MR) is 38.7 cm³/mol. The molecule has 0 aliphatic heterocycles. The molecule has 5 heteroatoms. The second-order valence-electron chi connectivity index (χ2n) is 1.44. The minimum Gasteiger partial charge on any atom is -0.438 e. The molecule has 0 fully saturated rings. The van der Waals surface area contributed by atoms with Gasteiger partial charge in [-0.25, -0.2) is 4.79 Å². The molecule has 0 aromatic carbocycles. The SMILES string of the molecule is CNC(=O)OCSC(C)=O. The molecule has 58 valence electrons. The zero-order chi connectivity index (χ0) is 7.98. The van der Waals surface area contributed by atoms with Crippen molar-refractivity contribution < 1.29 is 14.3 Å². The van der Waals surface area contributed by atoms with Crippen LogP contribution >= 0.6 is 11.8 Å². The number of ether oxygens (including phenoxy) is 1. The number of nitrogens with one attached hydrogen (secondary N) is 1. The maximum absolute atomic E-state index is 10.3. The number of thioether (sulfide) groups is 1. The van der Waals surface area contributed by atoms with Gasteiger partial charge in [-0.1, -0.05) is 0 Å². The van der Waals surface area contributed by atoms with Crippen LogP contribution in [0.15, 0.2) is 0 Å². The van der Waals surface area contributed by atoms with E-state index < -0.39 is 6.09 Å². The Morgan fingerprint density at radius 3 is 2.60 bits per heavy atom. The summed E-state index contributed by atoms with van der Waals surface area (Å²) >= 11 is 0.953. The lowest BCUT2D eigenvalue weighted by atomic mass is 10.9. The quantitative estimate of drug-likeness (QED) is 0.605. The standard InChI is InChI=1S/C5H9NO3S/c1-4(7)10-3-9-5(8)6-2/h3H2,1-2H3,(H,6,8). The highest BCUT2D eigenvalue weighted by Crippen LogP contribution is 2.00. The van der Waals surface area contributed by atoms with Crippen LogP contribution in [0.25, 0.3) is 0 Å². The molecule has 0 saturated heterocycles. The van der Waals surface area contributed by atoms with Crippen molar-refractivity contribution >= 4 is 23.0 Å². The number of hydrogen-bond acceptors (Lipinski definition) is 4. The Balaban J connectivity index is 3.20. The first-order valence-corrected chi connectivity index (χ1v) is 3.63. The van der Waals surface area contributed by atoms with E-state index in [0.717, 1.165) is 11.8 Å². The van der Waals surface area contributed by atoms with Crippen LogP contribution in [0.2, 0.25) is 0 Å². The van der Waals surface area contributed by atoms with Gasteiger partial charge in [0, 0.05) is 14.0 Å². The summed E-state index contributed by atoms with van der Waals surface area (Å²) in [5.41, 5.74) is 0. The van der Waals surface area contributed by atoms with Crippen LogP contribution < -0.4 is 5.32 Å². The lowest BCUT2D eigenvalue weighted by molar-refractivity contribution is -0.109. The number of amides is 1. The molecule has 0 saturated carbocycles. The van der Waals surface area contributed by atoms with E-state index in [4.69, 9.17) is 0 Å². The van der Waals surface area contributed by atoms with Gasteiger partial charge < -0.3 is 10.1 Å². The van der Waals surface area contributed by atoms with Crippen molar-refractivity contribution in [3.63, 3.8) is 0 Å². The molecule has 0 aliphatic carbocycles. The maximum atomic E-state index is 10.3. The molecule has 0 unspecified atom stereocenters. The third-order valence-electron chi connectivity index (χ3n) is 0.656. The Hall–Kier alpha value is -0.710. The Morgan fingerprint density at radius 1 is 1.60 bits per heavy atom. The molecule has 4 nitrogen and oxygen atoms in total. The van der Waals surface area contributed by atoms with Crippen molar-refractivity contribution in [1.29, 1.82) is 0 Å². The zero-order valence-corrected chi connectivity index (χ0v) is 6.66. The molecule has 0 spiro atoms. The molecular formula is C5H9NO3S. The highest BCUT2D eigenvalue weighted by Gasteiger charge is 1.98. The fraction of sp³-hybridized carbons (Fsp3) is 0.600. The van der Waals surface area contributed by atoms with Gasteiger partial charge in [0.2, 0.25) is 0 Å². The van der Waals surface area contributed by atoms with E-state index in [0.29, 0.717) is 0 Å². The average molecular weight is 163 g/mol. The van der Waals surface area contributed by atoms with Gasteiger partial charge in [-0.05, 0) is 11.8 Å². The summed E-state index contributed by atoms with van der Waals surface area (Å²) < 4.78 is 4.49. The molecule has 0 aromatic heterocycles. The van der Waals surface area contributed by atoms with E-state index in [2.05, 4.69) is 10.1 Å². The molecule has 10 heavy (non-hydrogen) atoms. The molecule has 0 bridgehead atoms. The maximum Gasteiger partial charge on any atom is 0.407 e. The van der Waals surface area contributed by atoms with Gasteiger partial charge in [-0.2, -0.15) is 0 Å². The number of rotatable bonds is 2. The van der Waals surface area contributed by atoms with Gasteiger partial charge in [-0.3, -0.25) is 4.79 Å². The van der Waals surface area contributed by atoms with Crippen LogP contribution in [-0.4, -0.2) is 24.2 Å². The van der Waals surface area contributed by atoms with Crippen LogP contribution in [0, 0.1) is 0 Å². The van der Waals surface area contributed by atoms with Crippen molar-refractivity contribution in [3.8, 4) is 0 Å². The minimum absolute atomic E-state index is 0.0658. The number of alkyl carbamates (subject to hydrolysis) is 1. The average Bonchev–Trinajstić information content (AvgIpc) is 1.87. The molecule has 1 amide bonds. The van der Waals surface area contributed by atoms with Crippen LogP contribution in [-0.2, 0) is 9.53 Å². The second-order valence-corrected chi connectivity index (χ2v) is 2.53. The molecule has 0 radical (unpaired) electrons. The zero-order valence-electron chi connectivity index (χ0n) is 5.84. The minimum atomic E-state index is -0.520. The molecule has 0 heterocycles. The molecule has 0 aliphatic rings. The van der Waals surface area contributed by atoms with Gasteiger partial charge >= 0.3 is 6.09 Å². The van der Waals surface area contributed by atoms with Gasteiger partial charge in [-0.15, -0.1) is 0 Å². The summed E-state index contributed by atoms with van der Waals surface area (Å²) in [6.07, 6.45) is -0.520. The monoisotopic (exact) mass is 163 g/mol. The topological polar surface area (TPSA) is 55.4 Å². The predicted octanol–water partition coefficient (Wildman–Crippen LogP) is 0.580. The smallest absolute Gasteiger partial charge is 0.407 e. The lowest BCUT2D eigenvalue weighted by Crippen LogP contribution is -2.19. The molecule has 1 N–H and O–H groups in total. The van der Waals surface area contributed by atoms with Crippen LogP contribution in [0.1, 0.15) is 6.92 Å². The van der Waals surface area contributed by atoms with Gasteiger partial charge in [0.1, 0.15) is 5.94 Å². The van der Waals surface area contributed by atoms with Gasteiger partial charge in [0.15, 0.2) is 5.12 Å². The summed E-state index contributed by atoms with van der Waals surface area (Å²) in [6.45, 7) is 1.41. The van der Waals surface area contributed by atoms with E-state index in [1.54, 1.807) is 0 Å². The molecular weight excluding hydrogens is 154 g/mol. The first-order chi connectivity index (χ1) is 4.66. The largest absolute Gasteiger partial charge is 0.438 e. The van der Waals surface area contributed by atoms with Crippen molar-refractivity contribution in [1.82, 2.24) is 5.32 Å². The highest BCUT2D eigenvalue weighted by atomic mass is 32.2. The summed E-state index contributed by atoms with van der Waals surface area (Å²) in [7, 11) is 1.46. The van der Waals surface area contributed by atoms with E-state index in [9.17, 15) is 9.59 Å².